The minimum absolute atomic E-state index is 0.754. The Hall–Kier alpha value is -0.420. The highest BCUT2D eigenvalue weighted by molar-refractivity contribution is 9.10. The maximum atomic E-state index is 6.02. The van der Waals surface area contributed by atoms with Crippen LogP contribution in [0, 0.1) is 0 Å². The van der Waals surface area contributed by atoms with E-state index in [0.29, 0.717) is 0 Å². The third-order valence-corrected chi connectivity index (χ3v) is 4.38. The van der Waals surface area contributed by atoms with E-state index in [4.69, 9.17) is 11.6 Å². The molecule has 1 aromatic carbocycles. The summed E-state index contributed by atoms with van der Waals surface area (Å²) in [5.74, 6) is 0. The first-order chi connectivity index (χ1) is 8.25. The van der Waals surface area contributed by atoms with Gasteiger partial charge in [-0.2, -0.15) is 0 Å². The van der Waals surface area contributed by atoms with Crippen LogP contribution in [0.3, 0.4) is 0 Å². The van der Waals surface area contributed by atoms with Crippen LogP contribution in [0.2, 0.25) is 5.02 Å². The first kappa shape index (κ1) is 13.0. The minimum Gasteiger partial charge on any atom is -0.312 e. The number of benzene rings is 1. The fourth-order valence-electron chi connectivity index (χ4n) is 1.45. The second kappa shape index (κ2) is 6.50. The summed E-state index contributed by atoms with van der Waals surface area (Å²) < 4.78 is 0.936. The second-order valence-electron chi connectivity index (χ2n) is 3.60. The Kier molecular flexibility index (Phi) is 4.98. The van der Waals surface area contributed by atoms with Crippen molar-refractivity contribution in [2.24, 2.45) is 0 Å². The van der Waals surface area contributed by atoms with E-state index in [1.54, 1.807) is 11.3 Å². The van der Waals surface area contributed by atoms with Crippen molar-refractivity contribution in [3.05, 3.63) is 49.8 Å². The van der Waals surface area contributed by atoms with E-state index >= 15 is 0 Å². The molecule has 1 N–H and O–H groups in total. The molecule has 0 saturated heterocycles. The number of thiazole rings is 1. The highest BCUT2D eigenvalue weighted by Gasteiger charge is 1.99. The summed E-state index contributed by atoms with van der Waals surface area (Å²) in [6, 6.07) is 6.01. The molecular weight excluding hydrogens is 320 g/mol. The summed E-state index contributed by atoms with van der Waals surface area (Å²) in [6.07, 6.45) is 2.82. The van der Waals surface area contributed by atoms with Crippen LogP contribution >= 0.6 is 38.9 Å². The number of hydrogen-bond donors (Lipinski definition) is 1. The predicted molar refractivity (Wildman–Crippen MR) is 76.7 cm³/mol. The summed E-state index contributed by atoms with van der Waals surface area (Å²) in [5, 5.41) is 7.31. The zero-order chi connectivity index (χ0) is 12.1. The maximum Gasteiger partial charge on any atom is 0.0937 e. The van der Waals surface area contributed by atoms with Gasteiger partial charge in [-0.25, -0.2) is 4.98 Å². The molecule has 0 radical (unpaired) electrons. The molecule has 0 amide bonds. The van der Waals surface area contributed by atoms with Gasteiger partial charge in [-0.3, -0.25) is 0 Å². The zero-order valence-electron chi connectivity index (χ0n) is 9.12. The Balaban J connectivity index is 1.76. The number of hydrogen-bond acceptors (Lipinski definition) is 3. The summed E-state index contributed by atoms with van der Waals surface area (Å²) in [4.78, 5) is 4.24. The lowest BCUT2D eigenvalue weighted by molar-refractivity contribution is 0.685. The van der Waals surface area contributed by atoms with Crippen molar-refractivity contribution in [2.45, 2.75) is 13.0 Å². The summed E-state index contributed by atoms with van der Waals surface area (Å²) in [6.45, 7) is 1.76. The van der Waals surface area contributed by atoms with E-state index in [1.807, 2.05) is 23.7 Å². The van der Waals surface area contributed by atoms with Crippen molar-refractivity contribution in [3.63, 3.8) is 0 Å². The van der Waals surface area contributed by atoms with E-state index in [9.17, 15) is 0 Å². The van der Waals surface area contributed by atoms with Gasteiger partial charge in [0.2, 0.25) is 0 Å². The molecule has 0 aliphatic heterocycles. The molecule has 1 aromatic heterocycles. The summed E-state index contributed by atoms with van der Waals surface area (Å²) in [5.41, 5.74) is 1.19. The van der Waals surface area contributed by atoms with E-state index in [1.165, 1.54) is 10.6 Å². The maximum absolute atomic E-state index is 6.02. The van der Waals surface area contributed by atoms with E-state index in [-0.39, 0.29) is 0 Å². The molecular formula is C12H12BrClN2S. The van der Waals surface area contributed by atoms with Crippen LogP contribution in [0.1, 0.15) is 10.6 Å². The van der Waals surface area contributed by atoms with Gasteiger partial charge in [0, 0.05) is 35.6 Å². The van der Waals surface area contributed by atoms with Crippen LogP contribution in [-0.2, 0) is 13.0 Å². The quantitative estimate of drug-likeness (QED) is 0.841. The highest BCUT2D eigenvalue weighted by atomic mass is 79.9. The van der Waals surface area contributed by atoms with Crippen LogP contribution in [0.15, 0.2) is 34.2 Å². The fourth-order valence-corrected chi connectivity index (χ4v) is 2.52. The number of nitrogens with zero attached hydrogens (tertiary/aromatic N) is 1. The van der Waals surface area contributed by atoms with Crippen LogP contribution in [-0.4, -0.2) is 11.5 Å². The molecule has 0 bridgehead atoms. The lowest BCUT2D eigenvalue weighted by atomic mass is 10.2. The van der Waals surface area contributed by atoms with Gasteiger partial charge in [0.05, 0.1) is 10.0 Å². The smallest absolute Gasteiger partial charge is 0.0937 e. The predicted octanol–water partition coefficient (Wildman–Crippen LogP) is 3.89. The van der Waals surface area contributed by atoms with Gasteiger partial charge in [0.25, 0.3) is 0 Å². The van der Waals surface area contributed by atoms with E-state index in [2.05, 4.69) is 32.3 Å². The number of nitrogens with one attached hydrogen (secondary N) is 1. The monoisotopic (exact) mass is 330 g/mol. The molecule has 0 aliphatic rings. The van der Waals surface area contributed by atoms with Crippen molar-refractivity contribution in [3.8, 4) is 0 Å². The second-order valence-corrected chi connectivity index (χ2v) is 5.84. The van der Waals surface area contributed by atoms with Crippen LogP contribution < -0.4 is 5.32 Å². The fraction of sp³-hybridized carbons (Fsp3) is 0.250. The van der Waals surface area contributed by atoms with Crippen molar-refractivity contribution < 1.29 is 0 Å². The minimum atomic E-state index is 0.754. The van der Waals surface area contributed by atoms with Crippen molar-refractivity contribution in [1.29, 1.82) is 0 Å². The Morgan fingerprint density at radius 2 is 2.29 bits per heavy atom. The van der Waals surface area contributed by atoms with E-state index < -0.39 is 0 Å². The normalized spacial score (nSPS) is 10.7. The van der Waals surface area contributed by atoms with Gasteiger partial charge < -0.3 is 5.32 Å². The zero-order valence-corrected chi connectivity index (χ0v) is 12.3. The topological polar surface area (TPSA) is 24.9 Å². The molecule has 0 atom stereocenters. The summed E-state index contributed by atoms with van der Waals surface area (Å²) in [7, 11) is 0. The molecule has 0 spiro atoms. The Morgan fingerprint density at radius 3 is 3.00 bits per heavy atom. The SMILES string of the molecule is Clc1cc(CNCCc2nccs2)ccc1Br. The van der Waals surface area contributed by atoms with E-state index in [0.717, 1.165) is 29.0 Å². The third-order valence-electron chi connectivity index (χ3n) is 2.31. The molecule has 0 saturated carbocycles. The lowest BCUT2D eigenvalue weighted by Gasteiger charge is -2.05. The standard InChI is InChI=1S/C12H12BrClN2S/c13-10-2-1-9(7-11(10)14)8-15-4-3-12-16-5-6-17-12/h1-2,5-7,15H,3-4,8H2. The molecule has 5 heteroatoms. The molecule has 1 heterocycles. The largest absolute Gasteiger partial charge is 0.312 e. The highest BCUT2D eigenvalue weighted by Crippen LogP contribution is 2.23. The Morgan fingerprint density at radius 1 is 1.41 bits per heavy atom. The van der Waals surface area contributed by atoms with Gasteiger partial charge in [-0.15, -0.1) is 11.3 Å². The first-order valence-electron chi connectivity index (χ1n) is 5.29. The molecule has 2 aromatic rings. The Bertz CT molecular complexity index is 473. The van der Waals surface area contributed by atoms with Crippen molar-refractivity contribution >= 4 is 38.9 Å². The van der Waals surface area contributed by atoms with Crippen LogP contribution in [0.4, 0.5) is 0 Å². The third kappa shape index (κ3) is 4.07. The number of halogens is 2. The van der Waals surface area contributed by atoms with Gasteiger partial charge in [0.1, 0.15) is 0 Å². The van der Waals surface area contributed by atoms with Gasteiger partial charge >= 0.3 is 0 Å². The molecule has 2 nitrogen and oxygen atoms in total. The molecule has 0 unspecified atom stereocenters. The van der Waals surface area contributed by atoms with Crippen LogP contribution in [0.25, 0.3) is 0 Å². The molecule has 0 fully saturated rings. The average Bonchev–Trinajstić information content (AvgIpc) is 2.82. The summed E-state index contributed by atoms with van der Waals surface area (Å²) >= 11 is 11.1. The first-order valence-corrected chi connectivity index (χ1v) is 7.34. The van der Waals surface area contributed by atoms with Crippen LogP contribution in [0.5, 0.6) is 0 Å². The molecule has 2 rings (SSSR count). The molecule has 17 heavy (non-hydrogen) atoms. The lowest BCUT2D eigenvalue weighted by Crippen LogP contribution is -2.16. The Labute approximate surface area is 118 Å². The van der Waals surface area contributed by atoms with Gasteiger partial charge in [-0.1, -0.05) is 17.7 Å². The van der Waals surface area contributed by atoms with Crippen molar-refractivity contribution in [1.82, 2.24) is 10.3 Å². The van der Waals surface area contributed by atoms with Gasteiger partial charge in [-0.05, 0) is 33.6 Å². The molecule has 0 aliphatic carbocycles. The van der Waals surface area contributed by atoms with Crippen molar-refractivity contribution in [2.75, 3.05) is 6.54 Å². The average molecular weight is 332 g/mol. The number of rotatable bonds is 5. The molecule has 90 valence electrons. The number of aromatic nitrogens is 1. The van der Waals surface area contributed by atoms with Gasteiger partial charge in [0.15, 0.2) is 0 Å².